The number of amides is 2. The van der Waals surface area contributed by atoms with Crippen LogP contribution in [-0.4, -0.2) is 54.6 Å². The minimum atomic E-state index is -0.464. The summed E-state index contributed by atoms with van der Waals surface area (Å²) < 4.78 is 4.70. The summed E-state index contributed by atoms with van der Waals surface area (Å²) in [5, 5.41) is 0. The van der Waals surface area contributed by atoms with Crippen molar-refractivity contribution in [3.05, 3.63) is 0 Å². The van der Waals surface area contributed by atoms with E-state index in [-0.39, 0.29) is 17.9 Å². The highest BCUT2D eigenvalue weighted by Crippen LogP contribution is 2.21. The fourth-order valence-corrected chi connectivity index (χ4v) is 2.59. The maximum Gasteiger partial charge on any atom is 0.409 e. The predicted octanol–water partition coefficient (Wildman–Crippen LogP) is 1.72. The minimum absolute atomic E-state index is 0.0305. The van der Waals surface area contributed by atoms with Gasteiger partial charge in [-0.1, -0.05) is 13.8 Å². The number of methoxy groups -OCH3 is 1. The molecule has 18 heavy (non-hydrogen) atoms. The Morgan fingerprint density at radius 2 is 2.00 bits per heavy atom. The summed E-state index contributed by atoms with van der Waals surface area (Å²) >= 11 is 0. The maximum absolute atomic E-state index is 12.5. The third-order valence-corrected chi connectivity index (χ3v) is 3.60. The zero-order chi connectivity index (χ0) is 13.9. The molecule has 5 heteroatoms. The largest absolute Gasteiger partial charge is 0.453 e. The Labute approximate surface area is 109 Å². The molecule has 1 saturated heterocycles. The van der Waals surface area contributed by atoms with Gasteiger partial charge in [0.25, 0.3) is 0 Å². The first-order valence-corrected chi connectivity index (χ1v) is 6.51. The van der Waals surface area contributed by atoms with Crippen molar-refractivity contribution in [3.8, 4) is 0 Å². The van der Waals surface area contributed by atoms with E-state index in [2.05, 4.69) is 6.92 Å². The summed E-state index contributed by atoms with van der Waals surface area (Å²) in [5.74, 6) is 0.0947. The van der Waals surface area contributed by atoms with Crippen molar-refractivity contribution in [2.24, 2.45) is 5.92 Å². The molecule has 0 saturated carbocycles. The van der Waals surface area contributed by atoms with Crippen LogP contribution in [0, 0.1) is 5.92 Å². The number of likely N-dealkylation sites (N-methyl/N-ethyl adjacent to an activating group) is 1. The van der Waals surface area contributed by atoms with E-state index in [0.29, 0.717) is 0 Å². The Hall–Kier alpha value is -1.26. The third kappa shape index (κ3) is 2.94. The molecule has 0 radical (unpaired) electrons. The van der Waals surface area contributed by atoms with Crippen LogP contribution in [0.15, 0.2) is 0 Å². The molecule has 0 bridgehead atoms. The van der Waals surface area contributed by atoms with Crippen LogP contribution >= 0.6 is 0 Å². The van der Waals surface area contributed by atoms with Gasteiger partial charge in [0, 0.05) is 19.6 Å². The molecule has 104 valence electrons. The topological polar surface area (TPSA) is 49.9 Å². The van der Waals surface area contributed by atoms with Crippen LogP contribution in [0.3, 0.4) is 0 Å². The van der Waals surface area contributed by atoms with Crippen LogP contribution in [0.25, 0.3) is 0 Å². The van der Waals surface area contributed by atoms with Crippen molar-refractivity contribution in [1.29, 1.82) is 0 Å². The van der Waals surface area contributed by atoms with E-state index in [1.807, 2.05) is 18.7 Å². The number of carbonyl (C=O) groups excluding carboxylic acids is 2. The van der Waals surface area contributed by atoms with Crippen molar-refractivity contribution >= 4 is 12.0 Å². The van der Waals surface area contributed by atoms with Gasteiger partial charge in [0.2, 0.25) is 5.91 Å². The second kappa shape index (κ2) is 6.07. The van der Waals surface area contributed by atoms with Gasteiger partial charge in [-0.3, -0.25) is 9.69 Å². The second-order valence-corrected chi connectivity index (χ2v) is 5.29. The molecular weight excluding hydrogens is 232 g/mol. The van der Waals surface area contributed by atoms with E-state index >= 15 is 0 Å². The van der Waals surface area contributed by atoms with Gasteiger partial charge in [-0.15, -0.1) is 0 Å². The molecule has 2 unspecified atom stereocenters. The summed E-state index contributed by atoms with van der Waals surface area (Å²) in [4.78, 5) is 27.4. The Morgan fingerprint density at radius 3 is 2.39 bits per heavy atom. The van der Waals surface area contributed by atoms with E-state index < -0.39 is 12.1 Å². The van der Waals surface area contributed by atoms with Crippen LogP contribution in [0.4, 0.5) is 4.79 Å². The molecule has 0 spiro atoms. The molecule has 0 aliphatic carbocycles. The number of rotatable bonds is 3. The lowest BCUT2D eigenvalue weighted by Crippen LogP contribution is -2.52. The second-order valence-electron chi connectivity index (χ2n) is 5.29. The number of carbonyl (C=O) groups is 2. The fraction of sp³-hybridized carbons (Fsp3) is 0.846. The highest BCUT2D eigenvalue weighted by molar-refractivity contribution is 5.86. The molecule has 1 fully saturated rings. The van der Waals surface area contributed by atoms with Gasteiger partial charge in [0.15, 0.2) is 0 Å². The van der Waals surface area contributed by atoms with Crippen molar-refractivity contribution < 1.29 is 14.3 Å². The van der Waals surface area contributed by atoms with Crippen LogP contribution in [0.2, 0.25) is 0 Å². The molecular formula is C13H24N2O3. The number of hydrogen-bond acceptors (Lipinski definition) is 3. The number of ether oxygens (including phenoxy) is 1. The number of likely N-dealkylation sites (tertiary alicyclic amines) is 1. The quantitative estimate of drug-likeness (QED) is 0.772. The fourth-order valence-electron chi connectivity index (χ4n) is 2.59. The van der Waals surface area contributed by atoms with Crippen LogP contribution in [0.1, 0.15) is 33.6 Å². The van der Waals surface area contributed by atoms with Crippen LogP contribution in [0.5, 0.6) is 0 Å². The zero-order valence-electron chi connectivity index (χ0n) is 12.0. The van der Waals surface area contributed by atoms with E-state index in [0.717, 1.165) is 19.4 Å². The molecule has 5 nitrogen and oxygen atoms in total. The standard InChI is InChI=1S/C13H24N2O3/c1-9(2)11(14(4)13(17)18-5)12(16)15-8-6-7-10(15)3/h9-11H,6-8H2,1-5H3. The first-order chi connectivity index (χ1) is 8.40. The molecule has 0 aromatic carbocycles. The lowest BCUT2D eigenvalue weighted by atomic mass is 10.0. The van der Waals surface area contributed by atoms with Crippen LogP contribution < -0.4 is 0 Å². The summed E-state index contributed by atoms with van der Waals surface area (Å²) in [5.41, 5.74) is 0. The van der Waals surface area contributed by atoms with E-state index in [9.17, 15) is 9.59 Å². The van der Waals surface area contributed by atoms with E-state index in [4.69, 9.17) is 4.74 Å². The molecule has 1 heterocycles. The van der Waals surface area contributed by atoms with Gasteiger partial charge in [-0.2, -0.15) is 0 Å². The molecule has 1 rings (SSSR count). The van der Waals surface area contributed by atoms with E-state index in [1.165, 1.54) is 12.0 Å². The molecule has 0 aromatic heterocycles. The SMILES string of the molecule is COC(=O)N(C)C(C(=O)N1CCCC1C)C(C)C. The Balaban J connectivity index is 2.84. The van der Waals surface area contributed by atoms with Gasteiger partial charge in [0.05, 0.1) is 7.11 Å². The Kier molecular flexibility index (Phi) is 4.99. The number of nitrogens with zero attached hydrogens (tertiary/aromatic N) is 2. The first-order valence-electron chi connectivity index (χ1n) is 6.51. The van der Waals surface area contributed by atoms with Gasteiger partial charge < -0.3 is 9.64 Å². The van der Waals surface area contributed by atoms with Gasteiger partial charge >= 0.3 is 6.09 Å². The minimum Gasteiger partial charge on any atom is -0.453 e. The van der Waals surface area contributed by atoms with E-state index in [1.54, 1.807) is 7.05 Å². The van der Waals surface area contributed by atoms with Crippen molar-refractivity contribution in [2.45, 2.75) is 45.7 Å². The van der Waals surface area contributed by atoms with Crippen molar-refractivity contribution in [2.75, 3.05) is 20.7 Å². The monoisotopic (exact) mass is 256 g/mol. The average molecular weight is 256 g/mol. The highest BCUT2D eigenvalue weighted by atomic mass is 16.5. The summed E-state index contributed by atoms with van der Waals surface area (Å²) in [6, 6.07) is -0.178. The van der Waals surface area contributed by atoms with Gasteiger partial charge in [0.1, 0.15) is 6.04 Å². The highest BCUT2D eigenvalue weighted by Gasteiger charge is 2.36. The molecule has 2 atom stereocenters. The summed E-state index contributed by atoms with van der Waals surface area (Å²) in [6.07, 6.45) is 1.62. The zero-order valence-corrected chi connectivity index (χ0v) is 12.0. The summed E-state index contributed by atoms with van der Waals surface area (Å²) in [6.45, 7) is 6.74. The maximum atomic E-state index is 12.5. The summed E-state index contributed by atoms with van der Waals surface area (Å²) in [7, 11) is 2.95. The normalized spacial score (nSPS) is 21.0. The molecule has 1 aliphatic heterocycles. The lowest BCUT2D eigenvalue weighted by Gasteiger charge is -2.34. The lowest BCUT2D eigenvalue weighted by molar-refractivity contribution is -0.138. The Bertz CT molecular complexity index is 317. The van der Waals surface area contributed by atoms with Crippen molar-refractivity contribution in [3.63, 3.8) is 0 Å². The van der Waals surface area contributed by atoms with Gasteiger partial charge in [-0.25, -0.2) is 4.79 Å². The molecule has 0 N–H and O–H groups in total. The molecule has 0 aromatic rings. The first kappa shape index (κ1) is 14.8. The van der Waals surface area contributed by atoms with Gasteiger partial charge in [-0.05, 0) is 25.7 Å². The number of hydrogen-bond donors (Lipinski definition) is 0. The third-order valence-electron chi connectivity index (χ3n) is 3.60. The van der Waals surface area contributed by atoms with Crippen molar-refractivity contribution in [1.82, 2.24) is 9.80 Å². The average Bonchev–Trinajstić information content (AvgIpc) is 2.73. The molecule has 1 aliphatic rings. The van der Waals surface area contributed by atoms with Crippen LogP contribution in [-0.2, 0) is 9.53 Å². The Morgan fingerprint density at radius 1 is 1.39 bits per heavy atom. The predicted molar refractivity (Wildman–Crippen MR) is 69.2 cm³/mol. The smallest absolute Gasteiger partial charge is 0.409 e. The molecule has 2 amide bonds.